The summed E-state index contributed by atoms with van der Waals surface area (Å²) in [5, 5.41) is 12.5. The summed E-state index contributed by atoms with van der Waals surface area (Å²) in [5.41, 5.74) is 4.98. The van der Waals surface area contributed by atoms with Gasteiger partial charge in [0.25, 0.3) is 0 Å². The van der Waals surface area contributed by atoms with Gasteiger partial charge in [-0.15, -0.1) is 10.2 Å². The Labute approximate surface area is 192 Å². The van der Waals surface area contributed by atoms with Crippen LogP contribution in [-0.2, 0) is 17.8 Å². The van der Waals surface area contributed by atoms with Crippen molar-refractivity contribution in [2.75, 3.05) is 11.1 Å². The first kappa shape index (κ1) is 21.8. The molecule has 6 nitrogen and oxygen atoms in total. The number of carbonyl (C=O) groups excluding carboxylic acids is 1. The molecule has 4 aromatic rings. The Hall–Kier alpha value is -3.45. The van der Waals surface area contributed by atoms with Gasteiger partial charge in [0.1, 0.15) is 5.69 Å². The third kappa shape index (κ3) is 5.06. The van der Waals surface area contributed by atoms with E-state index in [1.165, 1.54) is 11.8 Å². The van der Waals surface area contributed by atoms with Crippen LogP contribution in [0.3, 0.4) is 0 Å². The van der Waals surface area contributed by atoms with Crippen LogP contribution in [0.1, 0.15) is 23.6 Å². The molecule has 2 aromatic heterocycles. The highest BCUT2D eigenvalue weighted by atomic mass is 32.2. The van der Waals surface area contributed by atoms with Gasteiger partial charge in [-0.1, -0.05) is 73.3 Å². The van der Waals surface area contributed by atoms with Crippen molar-refractivity contribution in [1.82, 2.24) is 19.7 Å². The molecule has 2 aromatic carbocycles. The summed E-state index contributed by atoms with van der Waals surface area (Å²) >= 11 is 1.38. The number of aromatic nitrogens is 4. The minimum absolute atomic E-state index is 0.0624. The summed E-state index contributed by atoms with van der Waals surface area (Å²) in [5.74, 6) is 0.865. The van der Waals surface area contributed by atoms with Crippen LogP contribution in [0, 0.1) is 6.92 Å². The predicted octanol–water partition coefficient (Wildman–Crippen LogP) is 4.99. The zero-order chi connectivity index (χ0) is 22.3. The molecule has 1 N–H and O–H groups in total. The van der Waals surface area contributed by atoms with Crippen molar-refractivity contribution in [3.05, 3.63) is 89.6 Å². The Morgan fingerprint density at radius 1 is 1.00 bits per heavy atom. The zero-order valence-electron chi connectivity index (χ0n) is 18.2. The lowest BCUT2D eigenvalue weighted by molar-refractivity contribution is -0.113. The van der Waals surface area contributed by atoms with E-state index in [0.717, 1.165) is 34.5 Å². The van der Waals surface area contributed by atoms with Gasteiger partial charge in [0, 0.05) is 11.9 Å². The van der Waals surface area contributed by atoms with Crippen LogP contribution in [0.4, 0.5) is 5.69 Å². The summed E-state index contributed by atoms with van der Waals surface area (Å²) in [7, 11) is 0. The van der Waals surface area contributed by atoms with Gasteiger partial charge < -0.3 is 5.32 Å². The molecule has 0 atom stereocenters. The highest BCUT2D eigenvalue weighted by Gasteiger charge is 2.17. The van der Waals surface area contributed by atoms with Crippen LogP contribution in [0.5, 0.6) is 0 Å². The summed E-state index contributed by atoms with van der Waals surface area (Å²) in [6, 6.07) is 21.9. The minimum Gasteiger partial charge on any atom is -0.325 e. The third-order valence-corrected chi connectivity index (χ3v) is 6.10. The van der Waals surface area contributed by atoms with E-state index in [1.54, 1.807) is 6.20 Å². The van der Waals surface area contributed by atoms with E-state index in [-0.39, 0.29) is 11.7 Å². The quantitative estimate of drug-likeness (QED) is 0.389. The number of nitrogens with zero attached hydrogens (tertiary/aromatic N) is 4. The highest BCUT2D eigenvalue weighted by Crippen LogP contribution is 2.25. The van der Waals surface area contributed by atoms with Crippen molar-refractivity contribution in [1.29, 1.82) is 0 Å². The van der Waals surface area contributed by atoms with E-state index in [2.05, 4.69) is 39.6 Å². The normalized spacial score (nSPS) is 10.8. The van der Waals surface area contributed by atoms with Gasteiger partial charge in [-0.05, 0) is 42.2 Å². The number of amides is 1. The molecule has 0 aliphatic heterocycles. The zero-order valence-corrected chi connectivity index (χ0v) is 19.0. The first-order valence-corrected chi connectivity index (χ1v) is 11.5. The van der Waals surface area contributed by atoms with E-state index in [0.29, 0.717) is 17.5 Å². The lowest BCUT2D eigenvalue weighted by atomic mass is 10.1. The van der Waals surface area contributed by atoms with Gasteiger partial charge in [-0.2, -0.15) is 0 Å². The topological polar surface area (TPSA) is 72.7 Å². The van der Waals surface area contributed by atoms with Gasteiger partial charge >= 0.3 is 0 Å². The van der Waals surface area contributed by atoms with Crippen molar-refractivity contribution >= 4 is 23.4 Å². The SMILES string of the molecule is CCc1cccc(C)c1NC(=O)CSc1nnc(-c2ccccn2)n1Cc1ccccc1. The summed E-state index contributed by atoms with van der Waals surface area (Å²) < 4.78 is 2.01. The number of hydrogen-bond acceptors (Lipinski definition) is 5. The van der Waals surface area contributed by atoms with Crippen molar-refractivity contribution in [2.45, 2.75) is 32.0 Å². The van der Waals surface area contributed by atoms with Gasteiger partial charge in [0.2, 0.25) is 5.91 Å². The van der Waals surface area contributed by atoms with Crippen molar-refractivity contribution in [3.8, 4) is 11.5 Å². The molecular formula is C25H25N5OS. The van der Waals surface area contributed by atoms with Crippen LogP contribution in [0.2, 0.25) is 0 Å². The Balaban J connectivity index is 1.55. The van der Waals surface area contributed by atoms with Crippen molar-refractivity contribution in [2.24, 2.45) is 0 Å². The summed E-state index contributed by atoms with van der Waals surface area (Å²) in [6.07, 6.45) is 2.61. The smallest absolute Gasteiger partial charge is 0.234 e. The largest absolute Gasteiger partial charge is 0.325 e. The minimum atomic E-state index is -0.0624. The van der Waals surface area contributed by atoms with E-state index in [4.69, 9.17) is 0 Å². The van der Waals surface area contributed by atoms with Crippen LogP contribution in [0.15, 0.2) is 78.1 Å². The predicted molar refractivity (Wildman–Crippen MR) is 129 cm³/mol. The van der Waals surface area contributed by atoms with E-state index >= 15 is 0 Å². The monoisotopic (exact) mass is 443 g/mol. The number of aryl methyl sites for hydroxylation is 2. The van der Waals surface area contributed by atoms with E-state index in [1.807, 2.05) is 66.1 Å². The van der Waals surface area contributed by atoms with E-state index in [9.17, 15) is 4.79 Å². The molecule has 0 bridgehead atoms. The maximum Gasteiger partial charge on any atom is 0.234 e. The Morgan fingerprint density at radius 2 is 1.81 bits per heavy atom. The molecule has 32 heavy (non-hydrogen) atoms. The molecule has 0 spiro atoms. The van der Waals surface area contributed by atoms with Gasteiger partial charge in [0.05, 0.1) is 12.3 Å². The third-order valence-electron chi connectivity index (χ3n) is 5.13. The molecule has 0 fully saturated rings. The fraction of sp³-hybridized carbons (Fsp3) is 0.200. The molecular weight excluding hydrogens is 418 g/mol. The Morgan fingerprint density at radius 3 is 2.56 bits per heavy atom. The van der Waals surface area contributed by atoms with Gasteiger partial charge in [0.15, 0.2) is 11.0 Å². The average molecular weight is 444 g/mol. The van der Waals surface area contributed by atoms with Gasteiger partial charge in [-0.25, -0.2) is 0 Å². The molecule has 0 saturated heterocycles. The highest BCUT2D eigenvalue weighted by molar-refractivity contribution is 7.99. The summed E-state index contributed by atoms with van der Waals surface area (Å²) in [4.78, 5) is 17.2. The molecule has 0 saturated carbocycles. The lowest BCUT2D eigenvalue weighted by Gasteiger charge is -2.13. The van der Waals surface area contributed by atoms with Crippen molar-refractivity contribution in [3.63, 3.8) is 0 Å². The van der Waals surface area contributed by atoms with Crippen molar-refractivity contribution < 1.29 is 4.79 Å². The fourth-order valence-corrected chi connectivity index (χ4v) is 4.23. The molecule has 0 unspecified atom stereocenters. The standard InChI is InChI=1S/C25H25N5OS/c1-3-20-13-9-10-18(2)23(20)27-22(31)17-32-25-29-28-24(21-14-7-8-15-26-21)30(25)16-19-11-5-4-6-12-19/h4-15H,3,16-17H2,1-2H3,(H,27,31). The second-order valence-corrected chi connectivity index (χ2v) is 8.33. The van der Waals surface area contributed by atoms with Crippen LogP contribution < -0.4 is 5.32 Å². The molecule has 2 heterocycles. The molecule has 0 aliphatic carbocycles. The molecule has 0 radical (unpaired) electrons. The first-order valence-electron chi connectivity index (χ1n) is 10.6. The van der Waals surface area contributed by atoms with Crippen LogP contribution in [-0.4, -0.2) is 31.4 Å². The number of rotatable bonds is 8. The maximum atomic E-state index is 12.8. The van der Waals surface area contributed by atoms with Gasteiger partial charge in [-0.3, -0.25) is 14.3 Å². The molecule has 1 amide bonds. The molecule has 0 aliphatic rings. The maximum absolute atomic E-state index is 12.8. The number of anilines is 1. The van der Waals surface area contributed by atoms with Crippen LogP contribution >= 0.6 is 11.8 Å². The molecule has 4 rings (SSSR count). The Bertz CT molecular complexity index is 1190. The van der Waals surface area contributed by atoms with Crippen LogP contribution in [0.25, 0.3) is 11.5 Å². The Kier molecular flexibility index (Phi) is 6.97. The number of thioether (sulfide) groups is 1. The molecule has 7 heteroatoms. The number of nitrogens with one attached hydrogen (secondary N) is 1. The second kappa shape index (κ2) is 10.2. The number of carbonyl (C=O) groups is 1. The number of hydrogen-bond donors (Lipinski definition) is 1. The molecule has 162 valence electrons. The fourth-order valence-electron chi connectivity index (χ4n) is 3.50. The second-order valence-electron chi connectivity index (χ2n) is 7.39. The number of pyridine rings is 1. The van der Waals surface area contributed by atoms with E-state index < -0.39 is 0 Å². The number of para-hydroxylation sites is 1. The first-order chi connectivity index (χ1) is 15.7. The average Bonchev–Trinajstić information content (AvgIpc) is 3.22. The lowest BCUT2D eigenvalue weighted by Crippen LogP contribution is -2.17. The summed E-state index contributed by atoms with van der Waals surface area (Å²) in [6.45, 7) is 4.70. The number of benzene rings is 2.